The van der Waals surface area contributed by atoms with Crippen molar-refractivity contribution >= 4 is 34.6 Å². The lowest BCUT2D eigenvalue weighted by Gasteiger charge is -2.11. The van der Waals surface area contributed by atoms with Crippen LogP contribution in [-0.4, -0.2) is 29.3 Å². The first kappa shape index (κ1) is 16.7. The van der Waals surface area contributed by atoms with E-state index in [0.29, 0.717) is 22.4 Å². The molecule has 26 heavy (non-hydrogen) atoms. The molecular weight excluding hydrogens is 348 g/mol. The zero-order chi connectivity index (χ0) is 18.1. The largest absolute Gasteiger partial charge is 0.454 e. The van der Waals surface area contributed by atoms with Crippen LogP contribution in [-0.2, 0) is 4.79 Å². The summed E-state index contributed by atoms with van der Waals surface area (Å²) in [6.07, 6.45) is 1.90. The fraction of sp³-hybridized carbons (Fsp3) is 0.200. The Labute approximate surface area is 156 Å². The number of para-hydroxylation sites is 1. The van der Waals surface area contributed by atoms with Crippen molar-refractivity contribution in [2.45, 2.75) is 13.8 Å². The van der Waals surface area contributed by atoms with E-state index in [1.807, 2.05) is 62.4 Å². The van der Waals surface area contributed by atoms with E-state index in [-0.39, 0.29) is 12.7 Å². The third-order valence-corrected chi connectivity index (χ3v) is 5.24. The van der Waals surface area contributed by atoms with Crippen molar-refractivity contribution < 1.29 is 14.3 Å². The molecule has 2 aromatic carbocycles. The van der Waals surface area contributed by atoms with Gasteiger partial charge in [-0.2, -0.15) is 0 Å². The number of aryl methyl sites for hydroxylation is 1. The molecule has 0 radical (unpaired) electrons. The summed E-state index contributed by atoms with van der Waals surface area (Å²) < 4.78 is 10.9. The van der Waals surface area contributed by atoms with Crippen molar-refractivity contribution in [3.05, 3.63) is 58.5 Å². The summed E-state index contributed by atoms with van der Waals surface area (Å²) in [5.74, 6) is 1.43. The second-order valence-corrected chi connectivity index (χ2v) is 6.96. The van der Waals surface area contributed by atoms with Gasteiger partial charge in [0.15, 0.2) is 16.7 Å². The number of carbonyl (C=O) groups excluding carboxylic acids is 1. The minimum atomic E-state index is -0.0238. The monoisotopic (exact) mass is 366 g/mol. The van der Waals surface area contributed by atoms with Crippen LogP contribution >= 0.6 is 11.8 Å². The van der Waals surface area contributed by atoms with E-state index < -0.39 is 0 Å². The van der Waals surface area contributed by atoms with Gasteiger partial charge in [0.2, 0.25) is 6.79 Å². The van der Waals surface area contributed by atoms with Crippen molar-refractivity contribution in [1.82, 2.24) is 4.90 Å². The zero-order valence-corrected chi connectivity index (χ0v) is 15.4. The smallest absolute Gasteiger partial charge is 0.266 e. The molecule has 132 valence electrons. The number of likely N-dealkylation sites (N-methyl/N-ethyl adjacent to an activating group) is 1. The van der Waals surface area contributed by atoms with Gasteiger partial charge < -0.3 is 9.47 Å². The van der Waals surface area contributed by atoms with Crippen LogP contribution in [0.1, 0.15) is 18.1 Å². The van der Waals surface area contributed by atoms with Crippen LogP contribution in [0.15, 0.2) is 52.4 Å². The maximum Gasteiger partial charge on any atom is 0.266 e. The number of fused-ring (bicyclic) bond motifs is 1. The van der Waals surface area contributed by atoms with Gasteiger partial charge in [-0.1, -0.05) is 18.2 Å². The second kappa shape index (κ2) is 6.88. The van der Waals surface area contributed by atoms with E-state index in [1.54, 1.807) is 4.90 Å². The molecule has 0 aromatic heterocycles. The first-order valence-electron chi connectivity index (χ1n) is 8.41. The number of nitrogens with zero attached hydrogens (tertiary/aromatic N) is 2. The number of hydrogen-bond acceptors (Lipinski definition) is 5. The minimum absolute atomic E-state index is 0.0238. The van der Waals surface area contributed by atoms with Crippen molar-refractivity contribution in [3.63, 3.8) is 0 Å². The molecule has 0 saturated carbocycles. The normalized spacial score (nSPS) is 19.0. The molecule has 0 bridgehead atoms. The van der Waals surface area contributed by atoms with Crippen LogP contribution < -0.4 is 9.47 Å². The van der Waals surface area contributed by atoms with Crippen molar-refractivity contribution in [1.29, 1.82) is 0 Å². The Kier molecular flexibility index (Phi) is 4.42. The average molecular weight is 366 g/mol. The van der Waals surface area contributed by atoms with E-state index in [0.717, 1.165) is 22.6 Å². The van der Waals surface area contributed by atoms with Crippen LogP contribution in [0.5, 0.6) is 11.5 Å². The molecule has 0 unspecified atom stereocenters. The van der Waals surface area contributed by atoms with Crippen LogP contribution in [0.3, 0.4) is 0 Å². The predicted octanol–water partition coefficient (Wildman–Crippen LogP) is 4.35. The fourth-order valence-electron chi connectivity index (χ4n) is 2.84. The highest BCUT2D eigenvalue weighted by Crippen LogP contribution is 2.38. The summed E-state index contributed by atoms with van der Waals surface area (Å²) in [6.45, 7) is 4.76. The van der Waals surface area contributed by atoms with E-state index in [4.69, 9.17) is 9.47 Å². The number of thioether (sulfide) groups is 1. The first-order chi connectivity index (χ1) is 12.7. The number of ether oxygens (including phenoxy) is 2. The van der Waals surface area contributed by atoms with Gasteiger partial charge in [-0.05, 0) is 67.1 Å². The van der Waals surface area contributed by atoms with Gasteiger partial charge >= 0.3 is 0 Å². The summed E-state index contributed by atoms with van der Waals surface area (Å²) in [5.41, 5.74) is 2.82. The highest BCUT2D eigenvalue weighted by atomic mass is 32.2. The van der Waals surface area contributed by atoms with E-state index in [1.165, 1.54) is 11.8 Å². The Morgan fingerprint density at radius 2 is 1.92 bits per heavy atom. The minimum Gasteiger partial charge on any atom is -0.454 e. The molecule has 2 aromatic rings. The number of rotatable bonds is 3. The van der Waals surface area contributed by atoms with Crippen molar-refractivity contribution in [3.8, 4) is 11.5 Å². The van der Waals surface area contributed by atoms with Gasteiger partial charge in [0.1, 0.15) is 0 Å². The zero-order valence-electron chi connectivity index (χ0n) is 14.6. The molecule has 1 fully saturated rings. The van der Waals surface area contributed by atoms with Gasteiger partial charge in [-0.25, -0.2) is 4.99 Å². The van der Waals surface area contributed by atoms with E-state index in [9.17, 15) is 4.79 Å². The summed E-state index contributed by atoms with van der Waals surface area (Å²) in [4.78, 5) is 19.8. The third-order valence-electron chi connectivity index (χ3n) is 4.23. The molecule has 6 heteroatoms. The molecule has 2 aliphatic rings. The molecule has 4 rings (SSSR count). The maximum atomic E-state index is 12.8. The van der Waals surface area contributed by atoms with Crippen LogP contribution in [0, 0.1) is 6.92 Å². The maximum absolute atomic E-state index is 12.8. The number of benzene rings is 2. The quantitative estimate of drug-likeness (QED) is 0.758. The van der Waals surface area contributed by atoms with Crippen LogP contribution in [0.4, 0.5) is 5.69 Å². The van der Waals surface area contributed by atoms with Crippen molar-refractivity contribution in [2.75, 3.05) is 13.3 Å². The Morgan fingerprint density at radius 1 is 1.19 bits per heavy atom. The molecule has 0 atom stereocenters. The van der Waals surface area contributed by atoms with Gasteiger partial charge in [-0.15, -0.1) is 0 Å². The van der Waals surface area contributed by atoms with Crippen LogP contribution in [0.25, 0.3) is 6.08 Å². The molecule has 0 aliphatic carbocycles. The standard InChI is InChI=1S/C20H18N2O3S/c1-3-22-19(23)18(26-20(22)21-15-7-5-4-6-8-15)11-14-10-17-16(9-13(14)2)24-12-25-17/h4-11H,3,12H2,1-2H3/b18-11+,21-20?. The van der Waals surface area contributed by atoms with Crippen molar-refractivity contribution in [2.24, 2.45) is 4.99 Å². The molecule has 2 aliphatic heterocycles. The summed E-state index contributed by atoms with van der Waals surface area (Å²) in [6, 6.07) is 13.5. The predicted molar refractivity (Wildman–Crippen MR) is 104 cm³/mol. The summed E-state index contributed by atoms with van der Waals surface area (Å²) in [5, 5.41) is 0.702. The lowest BCUT2D eigenvalue weighted by molar-refractivity contribution is -0.122. The number of aliphatic imine (C=N–C) groups is 1. The first-order valence-corrected chi connectivity index (χ1v) is 9.22. The summed E-state index contributed by atoms with van der Waals surface area (Å²) >= 11 is 1.40. The SMILES string of the molecule is CCN1C(=O)/C(=C\c2cc3c(cc2C)OCO3)SC1=Nc1ccccc1. The van der Waals surface area contributed by atoms with Gasteiger partial charge in [0.05, 0.1) is 10.6 Å². The highest BCUT2D eigenvalue weighted by molar-refractivity contribution is 8.18. The number of amides is 1. The number of amidine groups is 1. The number of hydrogen-bond donors (Lipinski definition) is 0. The van der Waals surface area contributed by atoms with Gasteiger partial charge in [0, 0.05) is 6.54 Å². The second-order valence-electron chi connectivity index (χ2n) is 5.95. The van der Waals surface area contributed by atoms with E-state index in [2.05, 4.69) is 4.99 Å². The highest BCUT2D eigenvalue weighted by Gasteiger charge is 2.32. The number of carbonyl (C=O) groups is 1. The van der Waals surface area contributed by atoms with Crippen LogP contribution in [0.2, 0.25) is 0 Å². The summed E-state index contributed by atoms with van der Waals surface area (Å²) in [7, 11) is 0. The molecule has 5 nitrogen and oxygen atoms in total. The Morgan fingerprint density at radius 3 is 2.65 bits per heavy atom. The van der Waals surface area contributed by atoms with E-state index >= 15 is 0 Å². The Bertz CT molecular complexity index is 922. The lowest BCUT2D eigenvalue weighted by atomic mass is 10.1. The third kappa shape index (κ3) is 3.08. The molecule has 0 N–H and O–H groups in total. The fourth-order valence-corrected chi connectivity index (χ4v) is 3.89. The average Bonchev–Trinajstić information content (AvgIpc) is 3.20. The lowest BCUT2D eigenvalue weighted by Crippen LogP contribution is -2.28. The molecule has 1 amide bonds. The molecular formula is C20H18N2O3S. The molecule has 2 heterocycles. The Balaban J connectivity index is 1.68. The Hall–Kier alpha value is -2.73. The molecule has 0 spiro atoms. The van der Waals surface area contributed by atoms with Gasteiger partial charge in [-0.3, -0.25) is 9.69 Å². The molecule has 1 saturated heterocycles. The topological polar surface area (TPSA) is 51.1 Å². The van der Waals surface area contributed by atoms with Gasteiger partial charge in [0.25, 0.3) is 5.91 Å².